The molecule has 1 aliphatic heterocycles. The monoisotopic (exact) mass is 434 g/mol. The number of carbonyl (C=O) groups is 2. The molecule has 6 heteroatoms. The van der Waals surface area contributed by atoms with Gasteiger partial charge < -0.3 is 15.0 Å². The number of hydrogen-bond donors (Lipinski definition) is 1. The lowest BCUT2D eigenvalue weighted by molar-refractivity contribution is -0.122. The van der Waals surface area contributed by atoms with E-state index in [2.05, 4.69) is 12.2 Å². The lowest BCUT2D eigenvalue weighted by atomic mass is 10.1. The number of hydrogen-bond acceptors (Lipinski definition) is 3. The van der Waals surface area contributed by atoms with Crippen LogP contribution in [-0.4, -0.2) is 18.4 Å². The normalized spacial score (nSPS) is 15.8. The third-order valence-corrected chi connectivity index (χ3v) is 5.79. The fourth-order valence-corrected chi connectivity index (χ4v) is 3.79. The molecule has 0 spiro atoms. The zero-order valence-electron chi connectivity index (χ0n) is 17.4. The van der Waals surface area contributed by atoms with Gasteiger partial charge in [0, 0.05) is 18.7 Å². The summed E-state index contributed by atoms with van der Waals surface area (Å²) in [6, 6.07) is 20.3. The molecule has 158 valence electrons. The maximum atomic E-state index is 12.7. The van der Waals surface area contributed by atoms with Crippen LogP contribution in [0.25, 0.3) is 0 Å². The maximum absolute atomic E-state index is 12.7. The van der Waals surface area contributed by atoms with Gasteiger partial charge in [-0.05, 0) is 73.5 Å². The molecule has 1 heterocycles. The van der Waals surface area contributed by atoms with Gasteiger partial charge in [-0.25, -0.2) is 0 Å². The van der Waals surface area contributed by atoms with Crippen molar-refractivity contribution < 1.29 is 14.3 Å². The molecule has 31 heavy (non-hydrogen) atoms. The van der Waals surface area contributed by atoms with Gasteiger partial charge in [-0.1, -0.05) is 29.8 Å². The highest BCUT2D eigenvalue weighted by molar-refractivity contribution is 6.33. The van der Waals surface area contributed by atoms with Crippen molar-refractivity contribution in [1.29, 1.82) is 0 Å². The van der Waals surface area contributed by atoms with E-state index < -0.39 is 5.92 Å². The third kappa shape index (κ3) is 4.72. The Balaban J connectivity index is 1.38. The molecule has 5 nitrogen and oxygen atoms in total. The molecular weight excluding hydrogens is 412 g/mol. The smallest absolute Gasteiger partial charge is 0.229 e. The van der Waals surface area contributed by atoms with Crippen molar-refractivity contribution >= 4 is 34.8 Å². The molecule has 0 aliphatic carbocycles. The van der Waals surface area contributed by atoms with Gasteiger partial charge in [0.15, 0.2) is 0 Å². The van der Waals surface area contributed by atoms with E-state index in [0.29, 0.717) is 28.7 Å². The highest BCUT2D eigenvalue weighted by Gasteiger charge is 2.35. The molecule has 1 atom stereocenters. The number of ether oxygens (including phenoxy) is 1. The number of benzene rings is 3. The van der Waals surface area contributed by atoms with E-state index in [0.717, 1.165) is 5.75 Å². The summed E-state index contributed by atoms with van der Waals surface area (Å²) in [5.41, 5.74) is 3.67. The number of nitrogens with one attached hydrogen (secondary N) is 1. The van der Waals surface area contributed by atoms with E-state index in [9.17, 15) is 9.59 Å². The van der Waals surface area contributed by atoms with E-state index in [4.69, 9.17) is 16.3 Å². The number of para-hydroxylation sites is 1. The minimum atomic E-state index is -0.435. The standard InChI is InChI=1S/C25H23ClN2O3/c1-16-7-10-21(13-17(16)2)31-20-11-8-19(9-12-20)27-25(30)18-14-24(29)28(15-18)23-6-4-3-5-22(23)26/h3-13,18H,14-15H2,1-2H3,(H,27,30)/t18-/m0/s1. The van der Waals surface area contributed by atoms with Crippen LogP contribution in [0, 0.1) is 19.8 Å². The minimum Gasteiger partial charge on any atom is -0.457 e. The van der Waals surface area contributed by atoms with Crippen molar-refractivity contribution in [3.05, 3.63) is 82.9 Å². The van der Waals surface area contributed by atoms with E-state index in [-0.39, 0.29) is 18.2 Å². The van der Waals surface area contributed by atoms with Gasteiger partial charge in [-0.3, -0.25) is 9.59 Å². The first-order chi connectivity index (χ1) is 14.9. The molecule has 0 aromatic heterocycles. The fourth-order valence-electron chi connectivity index (χ4n) is 3.55. The molecule has 1 saturated heterocycles. The highest BCUT2D eigenvalue weighted by atomic mass is 35.5. The number of anilines is 2. The molecule has 0 bridgehead atoms. The van der Waals surface area contributed by atoms with Crippen molar-refractivity contribution in [3.8, 4) is 11.5 Å². The van der Waals surface area contributed by atoms with Crippen LogP contribution >= 0.6 is 11.6 Å². The van der Waals surface area contributed by atoms with Crippen molar-refractivity contribution in [2.75, 3.05) is 16.8 Å². The van der Waals surface area contributed by atoms with Gasteiger partial charge in [-0.2, -0.15) is 0 Å². The Morgan fingerprint density at radius 3 is 2.42 bits per heavy atom. The molecule has 1 aliphatic rings. The summed E-state index contributed by atoms with van der Waals surface area (Å²) < 4.78 is 5.89. The molecule has 2 amide bonds. The van der Waals surface area contributed by atoms with Crippen molar-refractivity contribution in [2.24, 2.45) is 5.92 Å². The van der Waals surface area contributed by atoms with Crippen LogP contribution in [0.3, 0.4) is 0 Å². The quantitative estimate of drug-likeness (QED) is 0.557. The first-order valence-electron chi connectivity index (χ1n) is 10.1. The van der Waals surface area contributed by atoms with Gasteiger partial charge in [0.05, 0.1) is 16.6 Å². The van der Waals surface area contributed by atoms with Crippen molar-refractivity contribution in [1.82, 2.24) is 0 Å². The Morgan fingerprint density at radius 1 is 1.00 bits per heavy atom. The molecule has 3 aromatic carbocycles. The molecule has 4 rings (SSSR count). The van der Waals surface area contributed by atoms with E-state index >= 15 is 0 Å². The molecule has 1 fully saturated rings. The molecule has 1 N–H and O–H groups in total. The molecule has 0 saturated carbocycles. The second-order valence-corrected chi connectivity index (χ2v) is 8.13. The summed E-state index contributed by atoms with van der Waals surface area (Å²) in [5, 5.41) is 3.39. The van der Waals surface area contributed by atoms with Crippen LogP contribution in [-0.2, 0) is 9.59 Å². The van der Waals surface area contributed by atoms with Crippen molar-refractivity contribution in [3.63, 3.8) is 0 Å². The SMILES string of the molecule is Cc1ccc(Oc2ccc(NC(=O)[C@H]3CC(=O)N(c4ccccc4Cl)C3)cc2)cc1C. The molecular formula is C25H23ClN2O3. The predicted molar refractivity (Wildman–Crippen MR) is 123 cm³/mol. The van der Waals surface area contributed by atoms with Crippen LogP contribution in [0.4, 0.5) is 11.4 Å². The van der Waals surface area contributed by atoms with E-state index in [1.54, 1.807) is 41.3 Å². The minimum absolute atomic E-state index is 0.106. The van der Waals surface area contributed by atoms with Crippen LogP contribution < -0.4 is 15.0 Å². The number of halogens is 1. The number of carbonyl (C=O) groups excluding carboxylic acids is 2. The topological polar surface area (TPSA) is 58.6 Å². The van der Waals surface area contributed by atoms with Crippen molar-refractivity contribution in [2.45, 2.75) is 20.3 Å². The van der Waals surface area contributed by atoms with Crippen LogP contribution in [0.2, 0.25) is 5.02 Å². The molecule has 0 unspecified atom stereocenters. The lowest BCUT2D eigenvalue weighted by Gasteiger charge is -2.18. The number of nitrogens with zero attached hydrogens (tertiary/aromatic N) is 1. The highest BCUT2D eigenvalue weighted by Crippen LogP contribution is 2.31. The Bertz CT molecular complexity index is 1130. The second kappa shape index (κ2) is 8.82. The summed E-state index contributed by atoms with van der Waals surface area (Å²) in [6.07, 6.45) is 0.158. The Kier molecular flexibility index (Phi) is 5.96. The summed E-state index contributed by atoms with van der Waals surface area (Å²) in [6.45, 7) is 4.41. The third-order valence-electron chi connectivity index (χ3n) is 5.48. The second-order valence-electron chi connectivity index (χ2n) is 7.72. The largest absolute Gasteiger partial charge is 0.457 e. The van der Waals surface area contributed by atoms with Crippen LogP contribution in [0.1, 0.15) is 17.5 Å². The zero-order valence-corrected chi connectivity index (χ0v) is 18.1. The molecule has 0 radical (unpaired) electrons. The number of amides is 2. The Hall–Kier alpha value is -3.31. The van der Waals surface area contributed by atoms with Gasteiger partial charge in [0.1, 0.15) is 11.5 Å². The lowest BCUT2D eigenvalue weighted by Crippen LogP contribution is -2.28. The Morgan fingerprint density at radius 2 is 1.71 bits per heavy atom. The first-order valence-corrected chi connectivity index (χ1v) is 10.5. The number of rotatable bonds is 5. The summed E-state index contributed by atoms with van der Waals surface area (Å²) in [5.74, 6) is 0.720. The van der Waals surface area contributed by atoms with E-state index in [1.165, 1.54) is 11.1 Å². The molecule has 3 aromatic rings. The van der Waals surface area contributed by atoms with Gasteiger partial charge >= 0.3 is 0 Å². The van der Waals surface area contributed by atoms with Crippen LogP contribution in [0.15, 0.2) is 66.7 Å². The van der Waals surface area contributed by atoms with Gasteiger partial charge in [0.25, 0.3) is 0 Å². The van der Waals surface area contributed by atoms with Gasteiger partial charge in [-0.15, -0.1) is 0 Å². The summed E-state index contributed by atoms with van der Waals surface area (Å²) >= 11 is 6.21. The zero-order chi connectivity index (χ0) is 22.0. The predicted octanol–water partition coefficient (Wildman–Crippen LogP) is 5.74. The average Bonchev–Trinajstić information content (AvgIpc) is 3.14. The first kappa shape index (κ1) is 20.9. The summed E-state index contributed by atoms with van der Waals surface area (Å²) in [4.78, 5) is 26.7. The number of aryl methyl sites for hydroxylation is 2. The van der Waals surface area contributed by atoms with Crippen LogP contribution in [0.5, 0.6) is 11.5 Å². The summed E-state index contributed by atoms with van der Waals surface area (Å²) in [7, 11) is 0. The Labute approximate surface area is 186 Å². The van der Waals surface area contributed by atoms with E-state index in [1.807, 2.05) is 37.3 Å². The average molecular weight is 435 g/mol. The maximum Gasteiger partial charge on any atom is 0.229 e. The fraction of sp³-hybridized carbons (Fsp3) is 0.200. The van der Waals surface area contributed by atoms with Gasteiger partial charge in [0.2, 0.25) is 11.8 Å².